The van der Waals surface area contributed by atoms with Crippen molar-refractivity contribution in [1.82, 2.24) is 9.38 Å². The average molecular weight is 445 g/mol. The van der Waals surface area contributed by atoms with Crippen molar-refractivity contribution in [3.8, 4) is 17.2 Å². The Morgan fingerprint density at radius 3 is 2.47 bits per heavy atom. The van der Waals surface area contributed by atoms with Gasteiger partial charge < -0.3 is 14.2 Å². The van der Waals surface area contributed by atoms with Crippen molar-refractivity contribution in [2.75, 3.05) is 20.3 Å². The summed E-state index contributed by atoms with van der Waals surface area (Å²) >= 11 is 1.39. The second-order valence-corrected chi connectivity index (χ2v) is 8.09. The van der Waals surface area contributed by atoms with E-state index in [0.717, 1.165) is 33.8 Å². The van der Waals surface area contributed by atoms with E-state index in [9.17, 15) is 4.79 Å². The van der Waals surface area contributed by atoms with E-state index < -0.39 is 0 Å². The Balaban J connectivity index is 1.25. The zero-order valence-corrected chi connectivity index (χ0v) is 18.2. The Labute approximate surface area is 187 Å². The Hall–Kier alpha value is -3.84. The molecule has 2 heterocycles. The predicted molar refractivity (Wildman–Crippen MR) is 126 cm³/mol. The van der Waals surface area contributed by atoms with Crippen LogP contribution in [0.4, 0.5) is 0 Å². The minimum absolute atomic E-state index is 0.0475. The third-order valence-electron chi connectivity index (χ3n) is 4.98. The molecule has 0 spiro atoms. The minimum Gasteiger partial charge on any atom is -0.497 e. The van der Waals surface area contributed by atoms with Crippen LogP contribution in [-0.2, 0) is 0 Å². The number of benzene rings is 3. The summed E-state index contributed by atoms with van der Waals surface area (Å²) in [6.45, 7) is 0.837. The minimum atomic E-state index is -0.0475. The molecule has 3 aromatic carbocycles. The summed E-state index contributed by atoms with van der Waals surface area (Å²) in [7, 11) is 1.62. The molecule has 0 aliphatic rings. The zero-order chi connectivity index (χ0) is 21.9. The summed E-state index contributed by atoms with van der Waals surface area (Å²) in [4.78, 5) is 18.1. The van der Waals surface area contributed by atoms with Crippen LogP contribution in [0, 0.1) is 0 Å². The molecule has 0 unspecified atom stereocenters. The molecule has 32 heavy (non-hydrogen) atoms. The molecule has 2 aromatic heterocycles. The number of fused-ring (bicyclic) bond motifs is 3. The third-order valence-corrected chi connectivity index (χ3v) is 5.95. The summed E-state index contributed by atoms with van der Waals surface area (Å²) in [5.74, 6) is 2.23. The molecule has 0 fully saturated rings. The van der Waals surface area contributed by atoms with E-state index in [1.165, 1.54) is 11.3 Å². The second-order valence-electron chi connectivity index (χ2n) is 7.08. The number of hydrogen-bond acceptors (Lipinski definition) is 6. The van der Waals surface area contributed by atoms with Gasteiger partial charge in [0, 0.05) is 6.07 Å². The smallest absolute Gasteiger partial charge is 0.274 e. The van der Waals surface area contributed by atoms with Crippen LogP contribution in [0.2, 0.25) is 0 Å². The molecule has 0 saturated carbocycles. The van der Waals surface area contributed by atoms with Crippen molar-refractivity contribution >= 4 is 33.4 Å². The van der Waals surface area contributed by atoms with Crippen molar-refractivity contribution in [3.63, 3.8) is 0 Å². The van der Waals surface area contributed by atoms with Crippen LogP contribution in [0.3, 0.4) is 0 Å². The highest BCUT2D eigenvalue weighted by Gasteiger charge is 2.10. The molecule has 0 atom stereocenters. The molecule has 0 radical (unpaired) electrons. The maximum absolute atomic E-state index is 12.9. The summed E-state index contributed by atoms with van der Waals surface area (Å²) in [6.07, 6.45) is 1.88. The normalized spacial score (nSPS) is 11.8. The molecule has 0 aliphatic carbocycles. The van der Waals surface area contributed by atoms with Gasteiger partial charge in [-0.05, 0) is 48.0 Å². The van der Waals surface area contributed by atoms with E-state index >= 15 is 0 Å². The summed E-state index contributed by atoms with van der Waals surface area (Å²) < 4.78 is 18.9. The van der Waals surface area contributed by atoms with Gasteiger partial charge in [-0.3, -0.25) is 4.79 Å². The topological polar surface area (TPSA) is 62.1 Å². The highest BCUT2D eigenvalue weighted by molar-refractivity contribution is 7.15. The van der Waals surface area contributed by atoms with Gasteiger partial charge in [0.1, 0.15) is 30.5 Å². The molecular weight excluding hydrogens is 424 g/mol. The lowest BCUT2D eigenvalue weighted by atomic mass is 10.2. The standard InChI is InChI=1S/C25H20N2O4S/c1-29-19-5-4-6-20(16-19)31-14-13-30-18-11-9-17(10-12-18)15-23-24(28)27-22-8-3-2-7-21(22)26-25(27)32-23/h2-12,15-16H,13-14H2,1H3. The molecule has 0 N–H and O–H groups in total. The number of methoxy groups -OCH3 is 1. The highest BCUT2D eigenvalue weighted by Crippen LogP contribution is 2.19. The first-order chi connectivity index (χ1) is 15.7. The SMILES string of the molecule is COc1cccc(OCCOc2ccc(C=c3sc4nc5ccccc5n4c3=O)cc2)c1. The van der Waals surface area contributed by atoms with Gasteiger partial charge in [-0.15, -0.1) is 0 Å². The molecule has 0 aliphatic heterocycles. The van der Waals surface area contributed by atoms with Crippen LogP contribution in [0.15, 0.2) is 77.6 Å². The Bertz CT molecular complexity index is 1490. The molecule has 0 saturated heterocycles. The number of aromatic nitrogens is 2. The summed E-state index contributed by atoms with van der Waals surface area (Å²) in [5.41, 5.74) is 2.55. The van der Waals surface area contributed by atoms with E-state index in [1.54, 1.807) is 11.5 Å². The molecular formula is C25H20N2O4S. The first-order valence-electron chi connectivity index (χ1n) is 10.1. The van der Waals surface area contributed by atoms with Gasteiger partial charge in [-0.2, -0.15) is 0 Å². The molecule has 0 amide bonds. The largest absolute Gasteiger partial charge is 0.497 e. The van der Waals surface area contributed by atoms with Crippen molar-refractivity contribution in [3.05, 3.63) is 93.2 Å². The molecule has 160 valence electrons. The van der Waals surface area contributed by atoms with Gasteiger partial charge in [0.05, 0.1) is 22.7 Å². The number of para-hydroxylation sites is 2. The lowest BCUT2D eigenvalue weighted by Gasteiger charge is -2.09. The van der Waals surface area contributed by atoms with Crippen LogP contribution in [0.1, 0.15) is 5.56 Å². The van der Waals surface area contributed by atoms with Crippen LogP contribution in [0.5, 0.6) is 17.2 Å². The van der Waals surface area contributed by atoms with E-state index in [1.807, 2.05) is 78.9 Å². The van der Waals surface area contributed by atoms with Crippen molar-refractivity contribution < 1.29 is 14.2 Å². The predicted octanol–water partition coefficient (Wildman–Crippen LogP) is 3.92. The Morgan fingerprint density at radius 1 is 0.906 bits per heavy atom. The summed E-state index contributed by atoms with van der Waals surface area (Å²) in [5, 5.41) is 0. The molecule has 5 rings (SSSR count). The number of nitrogens with zero attached hydrogens (tertiary/aromatic N) is 2. The highest BCUT2D eigenvalue weighted by atomic mass is 32.1. The fraction of sp³-hybridized carbons (Fsp3) is 0.120. The molecule has 7 heteroatoms. The lowest BCUT2D eigenvalue weighted by Crippen LogP contribution is -2.22. The monoisotopic (exact) mass is 444 g/mol. The average Bonchev–Trinajstić information content (AvgIpc) is 3.34. The number of thiazole rings is 1. The molecule has 0 bridgehead atoms. The van der Waals surface area contributed by atoms with E-state index in [2.05, 4.69) is 4.98 Å². The fourth-order valence-corrected chi connectivity index (χ4v) is 4.42. The first kappa shape index (κ1) is 20.1. The zero-order valence-electron chi connectivity index (χ0n) is 17.4. The van der Waals surface area contributed by atoms with Crippen LogP contribution < -0.4 is 24.3 Å². The van der Waals surface area contributed by atoms with Gasteiger partial charge in [-0.1, -0.05) is 41.7 Å². The van der Waals surface area contributed by atoms with Crippen LogP contribution in [0.25, 0.3) is 22.1 Å². The van der Waals surface area contributed by atoms with Crippen molar-refractivity contribution in [2.45, 2.75) is 0 Å². The van der Waals surface area contributed by atoms with Gasteiger partial charge in [0.25, 0.3) is 5.56 Å². The van der Waals surface area contributed by atoms with Gasteiger partial charge in [0.2, 0.25) is 0 Å². The van der Waals surface area contributed by atoms with Gasteiger partial charge in [0.15, 0.2) is 4.96 Å². The van der Waals surface area contributed by atoms with E-state index in [-0.39, 0.29) is 5.56 Å². The second kappa shape index (κ2) is 8.72. The quantitative estimate of drug-likeness (QED) is 0.356. The van der Waals surface area contributed by atoms with Crippen molar-refractivity contribution in [1.29, 1.82) is 0 Å². The van der Waals surface area contributed by atoms with E-state index in [0.29, 0.717) is 22.7 Å². The van der Waals surface area contributed by atoms with Gasteiger partial charge >= 0.3 is 0 Å². The third kappa shape index (κ3) is 4.02. The van der Waals surface area contributed by atoms with E-state index in [4.69, 9.17) is 14.2 Å². The number of hydrogen-bond donors (Lipinski definition) is 0. The van der Waals surface area contributed by atoms with Crippen molar-refractivity contribution in [2.24, 2.45) is 0 Å². The van der Waals surface area contributed by atoms with Gasteiger partial charge in [-0.25, -0.2) is 9.38 Å². The number of ether oxygens (including phenoxy) is 3. The maximum Gasteiger partial charge on any atom is 0.274 e. The Kier molecular flexibility index (Phi) is 5.47. The first-order valence-corrected chi connectivity index (χ1v) is 10.9. The van der Waals surface area contributed by atoms with Crippen LogP contribution in [-0.4, -0.2) is 29.7 Å². The van der Waals surface area contributed by atoms with Crippen LogP contribution >= 0.6 is 11.3 Å². The lowest BCUT2D eigenvalue weighted by molar-refractivity contribution is 0.216. The Morgan fingerprint density at radius 2 is 1.66 bits per heavy atom. The molecule has 5 aromatic rings. The summed E-state index contributed by atoms with van der Waals surface area (Å²) in [6, 6.07) is 22.8. The number of rotatable bonds is 7. The fourth-order valence-electron chi connectivity index (χ4n) is 3.43. The number of imidazole rings is 1. The molecule has 6 nitrogen and oxygen atoms in total. The maximum atomic E-state index is 12.9.